The van der Waals surface area contributed by atoms with Crippen LogP contribution < -0.4 is 5.32 Å². The Bertz CT molecular complexity index is 261. The van der Waals surface area contributed by atoms with Crippen molar-refractivity contribution in [3.05, 3.63) is 0 Å². The van der Waals surface area contributed by atoms with Crippen molar-refractivity contribution in [1.29, 1.82) is 0 Å². The molecule has 0 spiro atoms. The van der Waals surface area contributed by atoms with E-state index in [4.69, 9.17) is 0 Å². The van der Waals surface area contributed by atoms with E-state index >= 15 is 0 Å². The highest BCUT2D eigenvalue weighted by Crippen LogP contribution is 2.16. The lowest BCUT2D eigenvalue weighted by Crippen LogP contribution is -2.44. The lowest BCUT2D eigenvalue weighted by atomic mass is 9.99. The van der Waals surface area contributed by atoms with Gasteiger partial charge in [0, 0.05) is 32.2 Å². The third-order valence-corrected chi connectivity index (χ3v) is 4.18. The molecule has 0 aliphatic carbocycles. The number of piperidine rings is 1. The Morgan fingerprint density at radius 2 is 1.94 bits per heavy atom. The van der Waals surface area contributed by atoms with Crippen molar-refractivity contribution in [2.45, 2.75) is 32.2 Å². The number of likely N-dealkylation sites (tertiary alicyclic amines) is 2. The summed E-state index contributed by atoms with van der Waals surface area (Å²) in [5.41, 5.74) is 0. The highest BCUT2D eigenvalue weighted by Gasteiger charge is 2.26. The van der Waals surface area contributed by atoms with Gasteiger partial charge >= 0.3 is 0 Å². The summed E-state index contributed by atoms with van der Waals surface area (Å²) >= 11 is 0. The fourth-order valence-corrected chi connectivity index (χ4v) is 2.76. The molecular formula is C13H25N3O. The maximum atomic E-state index is 12.1. The van der Waals surface area contributed by atoms with Crippen molar-refractivity contribution in [3.63, 3.8) is 0 Å². The third-order valence-electron chi connectivity index (χ3n) is 4.18. The average Bonchev–Trinajstić information content (AvgIpc) is 2.77. The monoisotopic (exact) mass is 239 g/mol. The van der Waals surface area contributed by atoms with Gasteiger partial charge in [-0.05, 0) is 32.2 Å². The Morgan fingerprint density at radius 3 is 2.53 bits per heavy atom. The minimum Gasteiger partial charge on any atom is -0.342 e. The van der Waals surface area contributed by atoms with E-state index in [1.807, 2.05) is 11.9 Å². The molecule has 0 aromatic rings. The second-order valence-corrected chi connectivity index (χ2v) is 5.57. The predicted octanol–water partition coefficient (Wildman–Crippen LogP) is 0.539. The van der Waals surface area contributed by atoms with Gasteiger partial charge in [0.05, 0.1) is 6.54 Å². The maximum Gasteiger partial charge on any atom is 0.236 e. The molecule has 2 fully saturated rings. The number of hydrogen-bond donors (Lipinski definition) is 1. The fourth-order valence-electron chi connectivity index (χ4n) is 2.76. The molecule has 2 rings (SSSR count). The van der Waals surface area contributed by atoms with Gasteiger partial charge in [-0.1, -0.05) is 6.92 Å². The van der Waals surface area contributed by atoms with Crippen LogP contribution in [0.15, 0.2) is 0 Å². The topological polar surface area (TPSA) is 35.6 Å². The molecule has 1 atom stereocenters. The summed E-state index contributed by atoms with van der Waals surface area (Å²) in [6.45, 7) is 6.90. The quantitative estimate of drug-likeness (QED) is 0.781. The van der Waals surface area contributed by atoms with Crippen molar-refractivity contribution in [1.82, 2.24) is 15.1 Å². The molecule has 0 aromatic heterocycles. The minimum atomic E-state index is 0.327. The summed E-state index contributed by atoms with van der Waals surface area (Å²) in [6.07, 6.45) is 3.51. The van der Waals surface area contributed by atoms with Crippen molar-refractivity contribution in [3.8, 4) is 0 Å². The van der Waals surface area contributed by atoms with Crippen LogP contribution in [-0.4, -0.2) is 61.5 Å². The van der Waals surface area contributed by atoms with Crippen LogP contribution in [0, 0.1) is 5.92 Å². The standard InChI is InChI=1S/C13H25N3O/c1-11-3-7-16(8-4-11)13(17)10-15-6-5-12(9-15)14-2/h11-12,14H,3-10H2,1-2H3. The molecule has 2 aliphatic rings. The van der Waals surface area contributed by atoms with Gasteiger partial charge in [0.2, 0.25) is 5.91 Å². The summed E-state index contributed by atoms with van der Waals surface area (Å²) in [6, 6.07) is 0.573. The van der Waals surface area contributed by atoms with E-state index in [1.54, 1.807) is 0 Å². The predicted molar refractivity (Wildman–Crippen MR) is 68.9 cm³/mol. The van der Waals surface area contributed by atoms with E-state index in [2.05, 4.69) is 17.1 Å². The number of rotatable bonds is 3. The highest BCUT2D eigenvalue weighted by atomic mass is 16.2. The number of nitrogens with zero attached hydrogens (tertiary/aromatic N) is 2. The smallest absolute Gasteiger partial charge is 0.236 e. The largest absolute Gasteiger partial charge is 0.342 e. The lowest BCUT2D eigenvalue weighted by molar-refractivity contribution is -0.133. The minimum absolute atomic E-state index is 0.327. The van der Waals surface area contributed by atoms with Gasteiger partial charge in [-0.2, -0.15) is 0 Å². The summed E-state index contributed by atoms with van der Waals surface area (Å²) in [5, 5.41) is 3.29. The van der Waals surface area contributed by atoms with Crippen LogP contribution in [0.25, 0.3) is 0 Å². The van der Waals surface area contributed by atoms with Crippen LogP contribution in [-0.2, 0) is 4.79 Å². The molecule has 1 unspecified atom stereocenters. The molecular weight excluding hydrogens is 214 g/mol. The Kier molecular flexibility index (Phi) is 4.40. The summed E-state index contributed by atoms with van der Waals surface area (Å²) in [7, 11) is 2.00. The zero-order chi connectivity index (χ0) is 12.3. The van der Waals surface area contributed by atoms with E-state index in [0.29, 0.717) is 18.5 Å². The second-order valence-electron chi connectivity index (χ2n) is 5.57. The molecule has 0 radical (unpaired) electrons. The van der Waals surface area contributed by atoms with E-state index in [1.165, 1.54) is 19.3 Å². The zero-order valence-electron chi connectivity index (χ0n) is 11.1. The van der Waals surface area contributed by atoms with Crippen LogP contribution in [0.4, 0.5) is 0 Å². The second kappa shape index (κ2) is 5.83. The molecule has 98 valence electrons. The molecule has 2 aliphatic heterocycles. The average molecular weight is 239 g/mol. The molecule has 1 N–H and O–H groups in total. The Labute approximate surface area is 104 Å². The first-order valence-electron chi connectivity index (χ1n) is 6.86. The van der Waals surface area contributed by atoms with Crippen molar-refractivity contribution in [2.75, 3.05) is 39.8 Å². The van der Waals surface area contributed by atoms with Gasteiger partial charge < -0.3 is 10.2 Å². The molecule has 17 heavy (non-hydrogen) atoms. The van der Waals surface area contributed by atoms with E-state index in [-0.39, 0.29) is 0 Å². The van der Waals surface area contributed by atoms with Crippen LogP contribution in [0.5, 0.6) is 0 Å². The first kappa shape index (κ1) is 12.8. The molecule has 0 aromatic carbocycles. The fraction of sp³-hybridized carbons (Fsp3) is 0.923. The van der Waals surface area contributed by atoms with Crippen LogP contribution in [0.2, 0.25) is 0 Å². The van der Waals surface area contributed by atoms with Gasteiger partial charge in [-0.25, -0.2) is 0 Å². The van der Waals surface area contributed by atoms with Crippen molar-refractivity contribution < 1.29 is 4.79 Å². The maximum absolute atomic E-state index is 12.1. The molecule has 4 nitrogen and oxygen atoms in total. The van der Waals surface area contributed by atoms with Crippen LogP contribution >= 0.6 is 0 Å². The normalized spacial score (nSPS) is 27.6. The van der Waals surface area contributed by atoms with E-state index in [9.17, 15) is 4.79 Å². The molecule has 2 saturated heterocycles. The van der Waals surface area contributed by atoms with Crippen molar-refractivity contribution in [2.24, 2.45) is 5.92 Å². The molecule has 4 heteroatoms. The Hall–Kier alpha value is -0.610. The number of nitrogens with one attached hydrogen (secondary N) is 1. The highest BCUT2D eigenvalue weighted by molar-refractivity contribution is 5.78. The van der Waals surface area contributed by atoms with Gasteiger partial charge in [0.1, 0.15) is 0 Å². The van der Waals surface area contributed by atoms with Gasteiger partial charge in [0.25, 0.3) is 0 Å². The number of amides is 1. The summed E-state index contributed by atoms with van der Waals surface area (Å²) < 4.78 is 0. The Balaban J connectivity index is 1.74. The first-order valence-corrected chi connectivity index (χ1v) is 6.86. The molecule has 2 heterocycles. The number of hydrogen-bond acceptors (Lipinski definition) is 3. The Morgan fingerprint density at radius 1 is 1.24 bits per heavy atom. The van der Waals surface area contributed by atoms with Gasteiger partial charge in [0.15, 0.2) is 0 Å². The molecule has 0 bridgehead atoms. The number of carbonyl (C=O) groups is 1. The van der Waals surface area contributed by atoms with Gasteiger partial charge in [-0.3, -0.25) is 9.69 Å². The third kappa shape index (κ3) is 3.42. The van der Waals surface area contributed by atoms with E-state index < -0.39 is 0 Å². The lowest BCUT2D eigenvalue weighted by Gasteiger charge is -2.31. The molecule has 1 amide bonds. The summed E-state index contributed by atoms with van der Waals surface area (Å²) in [4.78, 5) is 16.4. The van der Waals surface area contributed by atoms with Crippen LogP contribution in [0.3, 0.4) is 0 Å². The van der Waals surface area contributed by atoms with Crippen LogP contribution in [0.1, 0.15) is 26.2 Å². The van der Waals surface area contributed by atoms with Crippen molar-refractivity contribution >= 4 is 5.91 Å². The number of carbonyl (C=O) groups excluding carboxylic acids is 1. The van der Waals surface area contributed by atoms with E-state index in [0.717, 1.165) is 32.1 Å². The number of likely N-dealkylation sites (N-methyl/N-ethyl adjacent to an activating group) is 1. The van der Waals surface area contributed by atoms with Gasteiger partial charge in [-0.15, -0.1) is 0 Å². The first-order chi connectivity index (χ1) is 8.19. The summed E-state index contributed by atoms with van der Waals surface area (Å²) in [5.74, 6) is 1.12. The SMILES string of the molecule is CNC1CCN(CC(=O)N2CCC(C)CC2)C1. The zero-order valence-corrected chi connectivity index (χ0v) is 11.1. The molecule has 0 saturated carbocycles.